The van der Waals surface area contributed by atoms with Gasteiger partial charge in [-0.15, -0.1) is 0 Å². The molecule has 4 heteroatoms. The Morgan fingerprint density at radius 1 is 1.64 bits per heavy atom. The van der Waals surface area contributed by atoms with Gasteiger partial charge in [-0.2, -0.15) is 0 Å². The largest absolute Gasteiger partial charge is 0.383 e. The molecule has 0 bridgehead atoms. The Kier molecular flexibility index (Phi) is 5.40. The Morgan fingerprint density at radius 2 is 2.43 bits per heavy atom. The Balaban J connectivity index is 2.25. The first kappa shape index (κ1) is 11.9. The summed E-state index contributed by atoms with van der Waals surface area (Å²) in [6, 6.07) is 0.994. The Hall–Kier alpha value is -0.160. The van der Waals surface area contributed by atoms with E-state index in [0.29, 0.717) is 12.1 Å². The maximum Gasteiger partial charge on any atom is 0.0628 e. The van der Waals surface area contributed by atoms with Crippen molar-refractivity contribution in [3.63, 3.8) is 0 Å². The maximum absolute atomic E-state index is 5.36. The number of nitrogens with one attached hydrogen (secondary N) is 1. The molecule has 1 aliphatic rings. The van der Waals surface area contributed by atoms with E-state index in [0.717, 1.165) is 32.8 Å². The number of rotatable bonds is 6. The van der Waals surface area contributed by atoms with Gasteiger partial charge < -0.3 is 14.8 Å². The summed E-state index contributed by atoms with van der Waals surface area (Å²) in [7, 11) is 5.87. The molecule has 0 aliphatic carbocycles. The maximum atomic E-state index is 5.36. The minimum Gasteiger partial charge on any atom is -0.383 e. The van der Waals surface area contributed by atoms with Crippen LogP contribution in [-0.4, -0.2) is 64.6 Å². The van der Waals surface area contributed by atoms with E-state index in [1.54, 1.807) is 7.11 Å². The molecule has 1 fully saturated rings. The van der Waals surface area contributed by atoms with E-state index < -0.39 is 0 Å². The van der Waals surface area contributed by atoms with Gasteiger partial charge in [0.1, 0.15) is 0 Å². The fourth-order valence-corrected chi connectivity index (χ4v) is 1.79. The summed E-state index contributed by atoms with van der Waals surface area (Å²) in [5.74, 6) is 0. The summed E-state index contributed by atoms with van der Waals surface area (Å²) in [4.78, 5) is 2.35. The van der Waals surface area contributed by atoms with Gasteiger partial charge in [0.2, 0.25) is 0 Å². The Bertz CT molecular complexity index is 149. The Labute approximate surface area is 86.6 Å². The van der Waals surface area contributed by atoms with E-state index in [9.17, 15) is 0 Å². The van der Waals surface area contributed by atoms with Crippen LogP contribution in [0.4, 0.5) is 0 Å². The molecule has 0 aromatic carbocycles. The molecule has 0 radical (unpaired) electrons. The second-order valence-corrected chi connectivity index (χ2v) is 3.90. The third-order valence-electron chi connectivity index (χ3n) is 2.81. The lowest BCUT2D eigenvalue weighted by atomic mass is 10.2. The van der Waals surface area contributed by atoms with Crippen molar-refractivity contribution in [3.05, 3.63) is 0 Å². The molecule has 1 N–H and O–H groups in total. The van der Waals surface area contributed by atoms with Gasteiger partial charge in [0.15, 0.2) is 0 Å². The van der Waals surface area contributed by atoms with Crippen molar-refractivity contribution in [2.75, 3.05) is 47.6 Å². The quantitative estimate of drug-likeness (QED) is 0.654. The number of ether oxygens (including phenoxy) is 2. The third-order valence-corrected chi connectivity index (χ3v) is 2.81. The lowest BCUT2D eigenvalue weighted by molar-refractivity contribution is 0.123. The number of hydrogen-bond donors (Lipinski definition) is 1. The second-order valence-electron chi connectivity index (χ2n) is 3.90. The molecule has 1 heterocycles. The van der Waals surface area contributed by atoms with Crippen LogP contribution in [0.15, 0.2) is 0 Å². The molecule has 0 amide bonds. The van der Waals surface area contributed by atoms with Crippen molar-refractivity contribution in [3.8, 4) is 0 Å². The normalized spacial score (nSPS) is 24.4. The number of methoxy groups -OCH3 is 1. The zero-order valence-electron chi connectivity index (χ0n) is 9.45. The molecule has 2 unspecified atom stereocenters. The van der Waals surface area contributed by atoms with Gasteiger partial charge in [0.25, 0.3) is 0 Å². The zero-order valence-corrected chi connectivity index (χ0v) is 9.45. The number of nitrogens with zero attached hydrogens (tertiary/aromatic N) is 1. The van der Waals surface area contributed by atoms with Gasteiger partial charge in [-0.1, -0.05) is 0 Å². The standard InChI is InChI=1S/C10H22N2O2/c1-11-9(7-13-3)6-12(2)10-4-5-14-8-10/h9-11H,4-8H2,1-3H3. The van der Waals surface area contributed by atoms with Crippen LogP contribution in [0.2, 0.25) is 0 Å². The minimum atomic E-state index is 0.408. The lowest BCUT2D eigenvalue weighted by Crippen LogP contribution is -2.44. The van der Waals surface area contributed by atoms with Gasteiger partial charge in [0.05, 0.1) is 13.2 Å². The first-order chi connectivity index (χ1) is 6.77. The van der Waals surface area contributed by atoms with Crippen LogP contribution in [-0.2, 0) is 9.47 Å². The van der Waals surface area contributed by atoms with Crippen molar-refractivity contribution in [1.82, 2.24) is 10.2 Å². The summed E-state index contributed by atoms with van der Waals surface area (Å²) in [6.07, 6.45) is 1.15. The highest BCUT2D eigenvalue weighted by Gasteiger charge is 2.21. The fourth-order valence-electron chi connectivity index (χ4n) is 1.79. The van der Waals surface area contributed by atoms with Crippen LogP contribution in [0.1, 0.15) is 6.42 Å². The molecule has 1 saturated heterocycles. The average Bonchev–Trinajstić information content (AvgIpc) is 2.69. The van der Waals surface area contributed by atoms with E-state index in [4.69, 9.17) is 9.47 Å². The van der Waals surface area contributed by atoms with Crippen LogP contribution in [0.25, 0.3) is 0 Å². The molecule has 84 valence electrons. The summed E-state index contributed by atoms with van der Waals surface area (Å²) in [5.41, 5.74) is 0. The SMILES string of the molecule is CNC(COC)CN(C)C1CCOC1. The molecule has 2 atom stereocenters. The van der Waals surface area contributed by atoms with Crippen LogP contribution in [0.3, 0.4) is 0 Å². The highest BCUT2D eigenvalue weighted by molar-refractivity contribution is 4.77. The molecule has 0 aromatic rings. The molecule has 0 saturated carbocycles. The van der Waals surface area contributed by atoms with Crippen LogP contribution in [0.5, 0.6) is 0 Å². The molecular weight excluding hydrogens is 180 g/mol. The molecule has 1 aliphatic heterocycles. The predicted octanol–water partition coefficient (Wildman–Crippen LogP) is -0.0585. The minimum absolute atomic E-state index is 0.408. The highest BCUT2D eigenvalue weighted by Crippen LogP contribution is 2.10. The monoisotopic (exact) mass is 202 g/mol. The van der Waals surface area contributed by atoms with Crippen molar-refractivity contribution in [1.29, 1.82) is 0 Å². The lowest BCUT2D eigenvalue weighted by Gasteiger charge is -2.27. The highest BCUT2D eigenvalue weighted by atomic mass is 16.5. The van der Waals surface area contributed by atoms with Crippen LogP contribution in [0, 0.1) is 0 Å². The average molecular weight is 202 g/mol. The van der Waals surface area contributed by atoms with E-state index in [1.165, 1.54) is 0 Å². The van der Waals surface area contributed by atoms with Crippen molar-refractivity contribution < 1.29 is 9.47 Å². The molecule has 0 aromatic heterocycles. The van der Waals surface area contributed by atoms with Crippen molar-refractivity contribution in [2.45, 2.75) is 18.5 Å². The summed E-state index contributed by atoms with van der Waals surface area (Å²) >= 11 is 0. The van der Waals surface area contributed by atoms with Crippen LogP contribution >= 0.6 is 0 Å². The first-order valence-corrected chi connectivity index (χ1v) is 5.22. The van der Waals surface area contributed by atoms with Gasteiger partial charge in [-0.3, -0.25) is 4.90 Å². The molecule has 14 heavy (non-hydrogen) atoms. The van der Waals surface area contributed by atoms with E-state index in [-0.39, 0.29) is 0 Å². The first-order valence-electron chi connectivity index (χ1n) is 5.22. The van der Waals surface area contributed by atoms with Crippen molar-refractivity contribution >= 4 is 0 Å². The molecule has 4 nitrogen and oxygen atoms in total. The van der Waals surface area contributed by atoms with Crippen LogP contribution < -0.4 is 5.32 Å². The van der Waals surface area contributed by atoms with Gasteiger partial charge in [-0.05, 0) is 20.5 Å². The Morgan fingerprint density at radius 3 is 2.93 bits per heavy atom. The van der Waals surface area contributed by atoms with Gasteiger partial charge >= 0.3 is 0 Å². The zero-order chi connectivity index (χ0) is 10.4. The third kappa shape index (κ3) is 3.53. The molecular formula is C10H22N2O2. The van der Waals surface area contributed by atoms with E-state index in [1.807, 2.05) is 7.05 Å². The second kappa shape index (κ2) is 6.35. The molecule has 1 rings (SSSR count). The fraction of sp³-hybridized carbons (Fsp3) is 1.00. The summed E-state index contributed by atoms with van der Waals surface area (Å²) in [6.45, 7) is 3.55. The van der Waals surface area contributed by atoms with Crippen molar-refractivity contribution in [2.24, 2.45) is 0 Å². The van der Waals surface area contributed by atoms with Gasteiger partial charge in [0, 0.05) is 32.3 Å². The smallest absolute Gasteiger partial charge is 0.0628 e. The van der Waals surface area contributed by atoms with E-state index >= 15 is 0 Å². The molecule has 0 spiro atoms. The number of likely N-dealkylation sites (N-methyl/N-ethyl adjacent to an activating group) is 2. The number of hydrogen-bond acceptors (Lipinski definition) is 4. The van der Waals surface area contributed by atoms with Gasteiger partial charge in [-0.25, -0.2) is 0 Å². The predicted molar refractivity (Wildman–Crippen MR) is 56.6 cm³/mol. The summed E-state index contributed by atoms with van der Waals surface area (Å²) < 4.78 is 10.5. The van der Waals surface area contributed by atoms with E-state index in [2.05, 4.69) is 17.3 Å². The summed E-state index contributed by atoms with van der Waals surface area (Å²) in [5, 5.41) is 3.25. The topological polar surface area (TPSA) is 33.7 Å².